The van der Waals surface area contributed by atoms with E-state index in [1.54, 1.807) is 48.7 Å². The molecule has 0 radical (unpaired) electrons. The normalized spacial score (nSPS) is 25.1. The van der Waals surface area contributed by atoms with Gasteiger partial charge >= 0.3 is 18.2 Å². The van der Waals surface area contributed by atoms with E-state index in [1.807, 2.05) is 20.8 Å². The van der Waals surface area contributed by atoms with Crippen LogP contribution in [0.3, 0.4) is 0 Å². The SMILES string of the molecule is COC1CC(C)C(S(=O)(=O)NC(=NCCC[C@H](NC(=O)OC(C)(C)C)C(O)C(=O)O)NC(=O)OC(C)(C)C)C(C)C1C. The molecular formula is C27H50N4O10S. The van der Waals surface area contributed by atoms with Gasteiger partial charge in [-0.1, -0.05) is 20.8 Å². The minimum absolute atomic E-state index is 0.0398. The fraction of sp³-hybridized carbons (Fsp3) is 0.852. The van der Waals surface area contributed by atoms with Crippen molar-refractivity contribution < 1.29 is 47.2 Å². The van der Waals surface area contributed by atoms with Crippen LogP contribution in [0.25, 0.3) is 0 Å². The Labute approximate surface area is 249 Å². The van der Waals surface area contributed by atoms with Gasteiger partial charge in [0.05, 0.1) is 17.4 Å². The first kappa shape index (κ1) is 37.4. The minimum Gasteiger partial charge on any atom is -0.479 e. The molecule has 0 aromatic heterocycles. The zero-order valence-electron chi connectivity index (χ0n) is 26.4. The third-order valence-corrected chi connectivity index (χ3v) is 8.99. The highest BCUT2D eigenvalue weighted by molar-refractivity contribution is 7.90. The highest BCUT2D eigenvalue weighted by Crippen LogP contribution is 2.38. The maximum Gasteiger partial charge on any atom is 0.414 e. The number of carboxylic acids is 1. The van der Waals surface area contributed by atoms with Crippen LogP contribution in [0.2, 0.25) is 0 Å². The van der Waals surface area contributed by atoms with Crippen molar-refractivity contribution in [2.45, 2.75) is 116 Å². The average Bonchev–Trinajstić information content (AvgIpc) is 2.79. The molecule has 15 heteroatoms. The number of carbonyl (C=O) groups excluding carboxylic acids is 2. The molecule has 0 aromatic carbocycles. The zero-order valence-corrected chi connectivity index (χ0v) is 27.2. The standard InChI is InChI=1S/C27H50N4O10S/c1-15-14-19(39-10)16(2)17(3)21(15)42(37,38)31-23(30-25(36)41-27(7,8)9)28-13-11-12-18(20(32)22(33)34)29-24(35)40-26(4,5)6/h15-21,32H,11-14H2,1-10H3,(H,29,35)(H,33,34)(H2,28,30,31,36)/t15?,16?,17?,18-,19?,20?,21?/m0/s1. The molecule has 5 N–H and O–H groups in total. The minimum atomic E-state index is -4.04. The number of aliphatic hydroxyl groups excluding tert-OH is 1. The molecule has 1 rings (SSSR count). The summed E-state index contributed by atoms with van der Waals surface area (Å²) < 4.78 is 45.5. The molecule has 7 atom stereocenters. The van der Waals surface area contributed by atoms with Gasteiger partial charge in [0, 0.05) is 13.7 Å². The van der Waals surface area contributed by atoms with Crippen LogP contribution in [0.15, 0.2) is 4.99 Å². The number of rotatable bonds is 10. The third-order valence-electron chi connectivity index (χ3n) is 6.90. The quantitative estimate of drug-likeness (QED) is 0.137. The summed E-state index contributed by atoms with van der Waals surface area (Å²) in [7, 11) is -2.44. The van der Waals surface area contributed by atoms with Crippen molar-refractivity contribution in [3.63, 3.8) is 0 Å². The van der Waals surface area contributed by atoms with E-state index in [9.17, 15) is 33.0 Å². The van der Waals surface area contributed by atoms with Crippen LogP contribution in [0.5, 0.6) is 0 Å². The predicted octanol–water partition coefficient (Wildman–Crippen LogP) is 2.60. The molecular weight excluding hydrogens is 572 g/mol. The number of nitrogens with one attached hydrogen (secondary N) is 3. The summed E-state index contributed by atoms with van der Waals surface area (Å²) >= 11 is 0. The first-order chi connectivity index (χ1) is 19.1. The van der Waals surface area contributed by atoms with Crippen LogP contribution in [0.4, 0.5) is 9.59 Å². The lowest BCUT2D eigenvalue weighted by Crippen LogP contribution is -2.54. The van der Waals surface area contributed by atoms with E-state index in [0.717, 1.165) is 0 Å². The smallest absolute Gasteiger partial charge is 0.414 e. The van der Waals surface area contributed by atoms with E-state index in [4.69, 9.17) is 14.2 Å². The van der Waals surface area contributed by atoms with Crippen molar-refractivity contribution in [1.29, 1.82) is 0 Å². The lowest BCUT2D eigenvalue weighted by atomic mass is 9.74. The maximum atomic E-state index is 13.6. The molecule has 6 unspecified atom stereocenters. The molecule has 244 valence electrons. The first-order valence-corrected chi connectivity index (χ1v) is 15.6. The summed E-state index contributed by atoms with van der Waals surface area (Å²) in [4.78, 5) is 40.3. The van der Waals surface area contributed by atoms with Crippen LogP contribution >= 0.6 is 0 Å². The highest BCUT2D eigenvalue weighted by atomic mass is 32.2. The second-order valence-corrected chi connectivity index (χ2v) is 14.7. The van der Waals surface area contributed by atoms with Gasteiger partial charge in [-0.05, 0) is 78.6 Å². The number of methoxy groups -OCH3 is 1. The molecule has 1 saturated carbocycles. The van der Waals surface area contributed by atoms with Crippen LogP contribution in [0, 0.1) is 17.8 Å². The summed E-state index contributed by atoms with van der Waals surface area (Å²) in [5.41, 5.74) is -1.71. The Morgan fingerprint density at radius 2 is 1.52 bits per heavy atom. The topological polar surface area (TPSA) is 202 Å². The first-order valence-electron chi connectivity index (χ1n) is 14.1. The number of nitrogens with zero attached hydrogens (tertiary/aromatic N) is 1. The van der Waals surface area contributed by atoms with Crippen molar-refractivity contribution >= 4 is 34.1 Å². The van der Waals surface area contributed by atoms with Gasteiger partial charge in [-0.25, -0.2) is 22.8 Å². The molecule has 0 bridgehead atoms. The molecule has 0 spiro atoms. The predicted molar refractivity (Wildman–Crippen MR) is 156 cm³/mol. The number of amides is 2. The van der Waals surface area contributed by atoms with Crippen molar-refractivity contribution in [3.05, 3.63) is 0 Å². The number of aliphatic imine (C=N–C) groups is 1. The Balaban J connectivity index is 3.14. The number of hydrogen-bond donors (Lipinski definition) is 5. The molecule has 0 aromatic rings. The lowest BCUT2D eigenvalue weighted by molar-refractivity contribution is -0.148. The van der Waals surface area contributed by atoms with Gasteiger partial charge in [-0.15, -0.1) is 0 Å². The fourth-order valence-electron chi connectivity index (χ4n) is 4.91. The largest absolute Gasteiger partial charge is 0.479 e. The number of alkyl carbamates (subject to hydrolysis) is 2. The van der Waals surface area contributed by atoms with Gasteiger partial charge in [-0.3, -0.25) is 15.0 Å². The average molecular weight is 623 g/mol. The number of sulfonamides is 1. The Bertz CT molecular complexity index is 1070. The van der Waals surface area contributed by atoms with E-state index in [2.05, 4.69) is 20.3 Å². The summed E-state index contributed by atoms with van der Waals surface area (Å²) in [6.45, 7) is 15.4. The van der Waals surface area contributed by atoms with E-state index in [0.29, 0.717) is 6.42 Å². The number of guanidine groups is 1. The Hall–Kier alpha value is -2.65. The number of carbonyl (C=O) groups is 3. The summed E-state index contributed by atoms with van der Waals surface area (Å²) in [5, 5.41) is 23.3. The highest BCUT2D eigenvalue weighted by Gasteiger charge is 2.45. The van der Waals surface area contributed by atoms with Gasteiger partial charge in [0.1, 0.15) is 11.2 Å². The Morgan fingerprint density at radius 1 is 0.976 bits per heavy atom. The third kappa shape index (κ3) is 12.3. The molecule has 1 fully saturated rings. The van der Waals surface area contributed by atoms with Gasteiger partial charge in [0.25, 0.3) is 0 Å². The Kier molecular flexibility index (Phi) is 13.5. The van der Waals surface area contributed by atoms with Crippen molar-refractivity contribution in [3.8, 4) is 0 Å². The molecule has 0 heterocycles. The number of hydrogen-bond acceptors (Lipinski definition) is 10. The molecule has 0 aliphatic heterocycles. The van der Waals surface area contributed by atoms with Gasteiger partial charge in [-0.2, -0.15) is 0 Å². The molecule has 1 aliphatic carbocycles. The summed E-state index contributed by atoms with van der Waals surface area (Å²) in [5.74, 6) is -2.46. The van der Waals surface area contributed by atoms with Gasteiger partial charge in [0.15, 0.2) is 6.10 Å². The fourth-order valence-corrected chi connectivity index (χ4v) is 6.97. The number of carboxylic acid groups (broad SMARTS) is 1. The lowest BCUT2D eigenvalue weighted by Gasteiger charge is -2.42. The van der Waals surface area contributed by atoms with Crippen molar-refractivity contribution in [2.24, 2.45) is 22.7 Å². The molecule has 2 amide bonds. The summed E-state index contributed by atoms with van der Waals surface area (Å²) in [6.07, 6.45) is -3.24. The molecule has 42 heavy (non-hydrogen) atoms. The van der Waals surface area contributed by atoms with Crippen LogP contribution < -0.4 is 15.4 Å². The number of aliphatic hydroxyl groups is 1. The van der Waals surface area contributed by atoms with Crippen LogP contribution in [0.1, 0.15) is 81.6 Å². The second-order valence-electron chi connectivity index (χ2n) is 12.9. The van der Waals surface area contributed by atoms with Crippen LogP contribution in [-0.2, 0) is 29.0 Å². The molecule has 0 saturated heterocycles. The monoisotopic (exact) mass is 622 g/mol. The summed E-state index contributed by atoms with van der Waals surface area (Å²) in [6, 6.07) is -1.22. The van der Waals surface area contributed by atoms with Gasteiger partial charge < -0.3 is 29.7 Å². The molecule has 1 aliphatic rings. The van der Waals surface area contributed by atoms with Crippen molar-refractivity contribution in [1.82, 2.24) is 15.4 Å². The van der Waals surface area contributed by atoms with E-state index < -0.39 is 56.8 Å². The van der Waals surface area contributed by atoms with E-state index >= 15 is 0 Å². The Morgan fingerprint density at radius 3 is 2.02 bits per heavy atom. The van der Waals surface area contributed by atoms with Crippen LogP contribution in [-0.4, -0.2) is 91.1 Å². The second kappa shape index (κ2) is 15.2. The van der Waals surface area contributed by atoms with E-state index in [-0.39, 0.29) is 49.2 Å². The maximum absolute atomic E-state index is 13.6. The van der Waals surface area contributed by atoms with Gasteiger partial charge in [0.2, 0.25) is 16.0 Å². The molecule has 14 nitrogen and oxygen atoms in total. The number of ether oxygens (including phenoxy) is 3. The number of aliphatic carboxylic acids is 1. The van der Waals surface area contributed by atoms with Crippen molar-refractivity contribution in [2.75, 3.05) is 13.7 Å². The van der Waals surface area contributed by atoms with E-state index in [1.165, 1.54) is 0 Å². The zero-order chi connectivity index (χ0) is 32.6.